The van der Waals surface area contributed by atoms with Gasteiger partial charge in [0, 0.05) is 19.7 Å². The van der Waals surface area contributed by atoms with Crippen LogP contribution in [-0.4, -0.2) is 18.4 Å². The largest absolute Gasteiger partial charge is 0.400 e. The molecule has 0 aliphatic heterocycles. The molecule has 1 rings (SSSR count). The third kappa shape index (κ3) is 15.2. The lowest BCUT2D eigenvalue weighted by Crippen LogP contribution is -2.06. The number of hydrogen-bond donors (Lipinski definition) is 3. The summed E-state index contributed by atoms with van der Waals surface area (Å²) in [4.78, 5) is 0. The number of benzene rings is 1. The molecule has 0 fully saturated rings. The van der Waals surface area contributed by atoms with Gasteiger partial charge < -0.3 is 10.5 Å². The topological polar surface area (TPSA) is 58.3 Å². The van der Waals surface area contributed by atoms with E-state index in [1.165, 1.54) is 5.56 Å². The van der Waals surface area contributed by atoms with E-state index < -0.39 is 6.18 Å². The fourth-order valence-corrected chi connectivity index (χ4v) is 0.735. The Bertz CT molecular complexity index is 271. The van der Waals surface area contributed by atoms with Gasteiger partial charge in [0.1, 0.15) is 0 Å². The molecule has 4 N–H and O–H groups in total. The Kier molecular flexibility index (Phi) is 9.63. The molecular formula is C10H17F3N2O. The van der Waals surface area contributed by atoms with Crippen LogP contribution in [0.5, 0.6) is 0 Å². The van der Waals surface area contributed by atoms with E-state index in [2.05, 4.69) is 5.43 Å². The molecule has 6 heteroatoms. The zero-order chi connectivity index (χ0) is 13.2. The fourth-order valence-electron chi connectivity index (χ4n) is 0.735. The minimum atomic E-state index is -4.00. The number of halogens is 3. The second-order valence-corrected chi connectivity index (χ2v) is 2.80. The van der Waals surface area contributed by atoms with Crippen LogP contribution in [0.1, 0.15) is 12.5 Å². The Morgan fingerprint density at radius 3 is 1.94 bits per heavy atom. The minimum absolute atomic E-state index is 0.188. The molecule has 0 bridgehead atoms. The first-order valence-electron chi connectivity index (χ1n) is 4.37. The van der Waals surface area contributed by atoms with Crippen molar-refractivity contribution in [2.24, 2.45) is 5.84 Å². The van der Waals surface area contributed by atoms with E-state index in [4.69, 9.17) is 10.9 Å². The van der Waals surface area contributed by atoms with Crippen LogP contribution in [0, 0.1) is 6.92 Å². The van der Waals surface area contributed by atoms with Crippen LogP contribution in [0.15, 0.2) is 24.3 Å². The predicted molar refractivity (Wildman–Crippen MR) is 58.9 cm³/mol. The summed E-state index contributed by atoms with van der Waals surface area (Å²) in [6.07, 6.45) is -4.00. The molecule has 0 radical (unpaired) electrons. The van der Waals surface area contributed by atoms with Gasteiger partial charge in [-0.05, 0) is 24.6 Å². The van der Waals surface area contributed by atoms with Crippen LogP contribution >= 0.6 is 0 Å². The molecule has 0 atom stereocenters. The maximum atomic E-state index is 10.4. The SMILES string of the molecule is CC(F)(F)F.CO.Cc1cccc(NN)c1. The second kappa shape index (κ2) is 8.99. The molecule has 0 aliphatic carbocycles. The van der Waals surface area contributed by atoms with Crippen molar-refractivity contribution in [2.75, 3.05) is 12.5 Å². The number of aliphatic hydroxyl groups is 1. The number of aryl methyl sites for hydroxylation is 1. The Balaban J connectivity index is 0. The van der Waals surface area contributed by atoms with E-state index >= 15 is 0 Å². The first-order valence-corrected chi connectivity index (χ1v) is 4.37. The van der Waals surface area contributed by atoms with Gasteiger partial charge in [0.25, 0.3) is 0 Å². The molecule has 0 heterocycles. The van der Waals surface area contributed by atoms with Gasteiger partial charge in [0.05, 0.1) is 0 Å². The number of hydrazine groups is 1. The van der Waals surface area contributed by atoms with E-state index in [1.807, 2.05) is 31.2 Å². The van der Waals surface area contributed by atoms with E-state index in [1.54, 1.807) is 0 Å². The summed E-state index contributed by atoms with van der Waals surface area (Å²) in [5, 5.41) is 7.00. The second-order valence-electron chi connectivity index (χ2n) is 2.80. The lowest BCUT2D eigenvalue weighted by Gasteiger charge is -1.98. The third-order valence-electron chi connectivity index (χ3n) is 1.18. The molecule has 0 saturated heterocycles. The number of alkyl halides is 3. The molecule has 0 aromatic heterocycles. The number of nitrogens with one attached hydrogen (secondary N) is 1. The highest BCUT2D eigenvalue weighted by Crippen LogP contribution is 2.10. The van der Waals surface area contributed by atoms with Crippen LogP contribution in [-0.2, 0) is 0 Å². The Morgan fingerprint density at radius 1 is 1.25 bits per heavy atom. The molecule has 1 aromatic rings. The van der Waals surface area contributed by atoms with Crippen molar-refractivity contribution in [2.45, 2.75) is 20.0 Å². The van der Waals surface area contributed by atoms with E-state index in [9.17, 15) is 13.2 Å². The summed E-state index contributed by atoms with van der Waals surface area (Å²) in [6, 6.07) is 7.90. The molecule has 0 spiro atoms. The molecule has 3 nitrogen and oxygen atoms in total. The van der Waals surface area contributed by atoms with Crippen LogP contribution in [0.25, 0.3) is 0 Å². The minimum Gasteiger partial charge on any atom is -0.400 e. The van der Waals surface area contributed by atoms with E-state index in [0.717, 1.165) is 12.8 Å². The monoisotopic (exact) mass is 238 g/mol. The summed E-state index contributed by atoms with van der Waals surface area (Å²) in [5.74, 6) is 5.17. The summed E-state index contributed by atoms with van der Waals surface area (Å²) >= 11 is 0. The Labute approximate surface area is 93.1 Å². The summed E-state index contributed by atoms with van der Waals surface area (Å²) in [7, 11) is 1.00. The average molecular weight is 238 g/mol. The van der Waals surface area contributed by atoms with Crippen molar-refractivity contribution >= 4 is 5.69 Å². The van der Waals surface area contributed by atoms with Crippen molar-refractivity contribution in [3.05, 3.63) is 29.8 Å². The summed E-state index contributed by atoms with van der Waals surface area (Å²) in [6.45, 7) is 2.22. The first-order chi connectivity index (χ1) is 7.33. The van der Waals surface area contributed by atoms with Crippen LogP contribution in [0.3, 0.4) is 0 Å². The first kappa shape index (κ1) is 17.1. The zero-order valence-corrected chi connectivity index (χ0v) is 9.47. The number of rotatable bonds is 1. The average Bonchev–Trinajstić information content (AvgIpc) is 2.18. The lowest BCUT2D eigenvalue weighted by molar-refractivity contribution is -0.110. The standard InChI is InChI=1S/C7H10N2.C2H3F3.CH4O/c1-6-3-2-4-7(5-6)9-8;1-2(3,4)5;1-2/h2-5,9H,8H2,1H3;1H3;2H,1H3. The maximum Gasteiger partial charge on any atom is 0.386 e. The van der Waals surface area contributed by atoms with Crippen molar-refractivity contribution in [3.63, 3.8) is 0 Å². The van der Waals surface area contributed by atoms with E-state index in [-0.39, 0.29) is 6.92 Å². The van der Waals surface area contributed by atoms with Gasteiger partial charge >= 0.3 is 6.18 Å². The summed E-state index contributed by atoms with van der Waals surface area (Å²) in [5.41, 5.74) is 4.73. The molecule has 0 unspecified atom stereocenters. The highest BCUT2D eigenvalue weighted by Gasteiger charge is 2.15. The molecule has 16 heavy (non-hydrogen) atoms. The van der Waals surface area contributed by atoms with Gasteiger partial charge in [0.2, 0.25) is 0 Å². The highest BCUT2D eigenvalue weighted by molar-refractivity contribution is 5.43. The molecule has 1 aromatic carbocycles. The van der Waals surface area contributed by atoms with Gasteiger partial charge in [0.15, 0.2) is 0 Å². The summed E-state index contributed by atoms with van der Waals surface area (Å²) < 4.78 is 31.1. The van der Waals surface area contributed by atoms with Gasteiger partial charge in [-0.3, -0.25) is 5.84 Å². The normalized spacial score (nSPS) is 9.25. The zero-order valence-electron chi connectivity index (χ0n) is 9.47. The van der Waals surface area contributed by atoms with E-state index in [0.29, 0.717) is 0 Å². The number of nitrogens with two attached hydrogens (primary N) is 1. The van der Waals surface area contributed by atoms with Gasteiger partial charge in [-0.1, -0.05) is 12.1 Å². The number of hydrogen-bond acceptors (Lipinski definition) is 3. The van der Waals surface area contributed by atoms with Crippen molar-refractivity contribution in [1.29, 1.82) is 0 Å². The quantitative estimate of drug-likeness (QED) is 0.520. The van der Waals surface area contributed by atoms with Crippen LogP contribution in [0.2, 0.25) is 0 Å². The van der Waals surface area contributed by atoms with Gasteiger partial charge in [-0.2, -0.15) is 13.2 Å². The molecule has 0 amide bonds. The third-order valence-corrected chi connectivity index (χ3v) is 1.18. The predicted octanol–water partition coefficient (Wildman–Crippen LogP) is 2.46. The van der Waals surface area contributed by atoms with Crippen molar-refractivity contribution in [3.8, 4) is 0 Å². The Hall–Kier alpha value is -1.27. The number of nitrogen functional groups attached to an aromatic ring is 1. The van der Waals surface area contributed by atoms with Crippen molar-refractivity contribution in [1.82, 2.24) is 0 Å². The molecule has 0 aliphatic rings. The van der Waals surface area contributed by atoms with Gasteiger partial charge in [-0.25, -0.2) is 0 Å². The maximum absolute atomic E-state index is 10.4. The molecule has 0 saturated carbocycles. The fraction of sp³-hybridized carbons (Fsp3) is 0.400. The van der Waals surface area contributed by atoms with Crippen LogP contribution < -0.4 is 11.3 Å². The lowest BCUT2D eigenvalue weighted by atomic mass is 10.2. The molecule has 94 valence electrons. The molecular weight excluding hydrogens is 221 g/mol. The number of aliphatic hydroxyl groups excluding tert-OH is 1. The Morgan fingerprint density at radius 2 is 1.69 bits per heavy atom. The van der Waals surface area contributed by atoms with Crippen LogP contribution in [0.4, 0.5) is 18.9 Å². The highest BCUT2D eigenvalue weighted by atomic mass is 19.4. The van der Waals surface area contributed by atoms with Crippen molar-refractivity contribution < 1.29 is 18.3 Å². The smallest absolute Gasteiger partial charge is 0.386 e. The number of anilines is 1. The van der Waals surface area contributed by atoms with Gasteiger partial charge in [-0.15, -0.1) is 0 Å².